The van der Waals surface area contributed by atoms with E-state index < -0.39 is 0 Å². The van der Waals surface area contributed by atoms with Crippen molar-refractivity contribution in [3.63, 3.8) is 0 Å². The average molecular weight is 297 g/mol. The second-order valence-corrected chi connectivity index (χ2v) is 5.25. The van der Waals surface area contributed by atoms with Gasteiger partial charge in [-0.1, -0.05) is 5.11 Å². The zero-order chi connectivity index (χ0) is 14.7. The molecule has 0 spiro atoms. The van der Waals surface area contributed by atoms with Gasteiger partial charge in [-0.15, -0.1) is 11.3 Å². The van der Waals surface area contributed by atoms with Crippen LogP contribution in [0.3, 0.4) is 0 Å². The highest BCUT2D eigenvalue weighted by Crippen LogP contribution is 2.26. The lowest BCUT2D eigenvalue weighted by Crippen LogP contribution is -2.09. The predicted molar refractivity (Wildman–Crippen MR) is 82.5 cm³/mol. The third kappa shape index (κ3) is 2.76. The molecule has 0 saturated heterocycles. The number of pyridine rings is 1. The highest BCUT2D eigenvalue weighted by Gasteiger charge is 2.10. The molecule has 8 heteroatoms. The largest absolute Gasteiger partial charge is 0.361 e. The van der Waals surface area contributed by atoms with E-state index in [9.17, 15) is 0 Å². The normalized spacial score (nSPS) is 11.9. The van der Waals surface area contributed by atoms with Gasteiger partial charge in [-0.3, -0.25) is 4.98 Å². The summed E-state index contributed by atoms with van der Waals surface area (Å²) in [6.07, 6.45) is 3.10. The summed E-state index contributed by atoms with van der Waals surface area (Å²) in [5.41, 5.74) is 9.72. The number of aromatic nitrogens is 3. The first-order valence-corrected chi connectivity index (χ1v) is 7.11. The fourth-order valence-electron chi connectivity index (χ4n) is 1.95. The zero-order valence-corrected chi connectivity index (χ0v) is 11.9. The maximum absolute atomic E-state index is 8.38. The molecule has 0 aliphatic heterocycles. The lowest BCUT2D eigenvalue weighted by Gasteiger charge is -2.14. The number of nitrogens with one attached hydrogen (secondary N) is 1. The van der Waals surface area contributed by atoms with Gasteiger partial charge in [0.2, 0.25) is 0 Å². The van der Waals surface area contributed by atoms with Gasteiger partial charge >= 0.3 is 0 Å². The van der Waals surface area contributed by atoms with Gasteiger partial charge in [-0.25, -0.2) is 9.97 Å². The van der Waals surface area contributed by atoms with Crippen molar-refractivity contribution in [3.05, 3.63) is 52.2 Å². The van der Waals surface area contributed by atoms with Crippen molar-refractivity contribution >= 4 is 33.1 Å². The Labute approximate surface area is 124 Å². The molecule has 21 heavy (non-hydrogen) atoms. The molecular weight excluding hydrogens is 286 g/mol. The van der Waals surface area contributed by atoms with Crippen molar-refractivity contribution in [1.82, 2.24) is 15.0 Å². The Morgan fingerprint density at radius 3 is 2.95 bits per heavy atom. The molecule has 3 aromatic heterocycles. The number of fused-ring (bicyclic) bond motifs is 1. The number of hydrogen-bond donors (Lipinski definition) is 1. The highest BCUT2D eigenvalue weighted by molar-refractivity contribution is 7.16. The third-order valence-corrected chi connectivity index (χ3v) is 3.81. The molecule has 1 N–H and O–H groups in total. The number of nitrogens with zero attached hydrogens (tertiary/aromatic N) is 6. The number of thiophene rings is 1. The SMILES string of the molecule is CC(Nc1ncnc2sccc12)c1ccc(N=[N+]=[N-])cn1. The van der Waals surface area contributed by atoms with Crippen LogP contribution in [0.25, 0.3) is 20.7 Å². The van der Waals surface area contributed by atoms with Crippen LogP contribution in [0, 0.1) is 0 Å². The Morgan fingerprint density at radius 1 is 1.29 bits per heavy atom. The topological polar surface area (TPSA) is 99.5 Å². The van der Waals surface area contributed by atoms with E-state index in [1.165, 1.54) is 0 Å². The molecule has 0 radical (unpaired) electrons. The van der Waals surface area contributed by atoms with Crippen LogP contribution in [0.1, 0.15) is 18.7 Å². The van der Waals surface area contributed by atoms with Gasteiger partial charge in [0.25, 0.3) is 0 Å². The molecule has 0 bridgehead atoms. The summed E-state index contributed by atoms with van der Waals surface area (Å²) in [6.45, 7) is 2.00. The molecular formula is C13H11N7S. The summed E-state index contributed by atoms with van der Waals surface area (Å²) in [5.74, 6) is 0.787. The molecule has 3 rings (SSSR count). The number of rotatable bonds is 4. The quantitative estimate of drug-likeness (QED) is 0.443. The summed E-state index contributed by atoms with van der Waals surface area (Å²) in [4.78, 5) is 16.5. The van der Waals surface area contributed by atoms with Gasteiger partial charge in [0.05, 0.1) is 22.8 Å². The first-order chi connectivity index (χ1) is 10.3. The molecule has 0 aromatic carbocycles. The molecule has 3 heterocycles. The van der Waals surface area contributed by atoms with Crippen LogP contribution >= 0.6 is 11.3 Å². The Balaban J connectivity index is 1.84. The molecule has 0 aliphatic carbocycles. The van der Waals surface area contributed by atoms with Crippen LogP contribution < -0.4 is 5.32 Å². The lowest BCUT2D eigenvalue weighted by molar-refractivity contribution is 0.833. The van der Waals surface area contributed by atoms with E-state index in [2.05, 4.69) is 30.3 Å². The van der Waals surface area contributed by atoms with Crippen molar-refractivity contribution < 1.29 is 0 Å². The minimum atomic E-state index is -0.0249. The molecule has 0 aliphatic rings. The zero-order valence-electron chi connectivity index (χ0n) is 11.1. The summed E-state index contributed by atoms with van der Waals surface area (Å²) >= 11 is 1.58. The van der Waals surface area contributed by atoms with Crippen molar-refractivity contribution in [2.24, 2.45) is 5.11 Å². The Hall–Kier alpha value is -2.70. The summed E-state index contributed by atoms with van der Waals surface area (Å²) in [7, 11) is 0. The lowest BCUT2D eigenvalue weighted by atomic mass is 10.2. The van der Waals surface area contributed by atoms with E-state index in [0.717, 1.165) is 21.7 Å². The standard InChI is InChI=1S/C13H11N7S/c1-8(11-3-2-9(6-15-11)19-20-14)18-12-10-4-5-21-13(10)17-7-16-12/h2-8H,1H3,(H,16,17,18). The number of anilines is 1. The Kier molecular flexibility index (Phi) is 3.63. The molecule has 1 unspecified atom stereocenters. The first-order valence-electron chi connectivity index (χ1n) is 6.23. The summed E-state index contributed by atoms with van der Waals surface area (Å²) < 4.78 is 0. The van der Waals surface area contributed by atoms with Crippen molar-refractivity contribution in [2.75, 3.05) is 5.32 Å². The van der Waals surface area contributed by atoms with Crippen molar-refractivity contribution in [1.29, 1.82) is 0 Å². The van der Waals surface area contributed by atoms with Crippen molar-refractivity contribution in [3.8, 4) is 0 Å². The van der Waals surface area contributed by atoms with E-state index in [0.29, 0.717) is 5.69 Å². The van der Waals surface area contributed by atoms with Crippen molar-refractivity contribution in [2.45, 2.75) is 13.0 Å². The predicted octanol–water partition coefficient (Wildman–Crippen LogP) is 4.20. The molecule has 0 saturated carbocycles. The van der Waals surface area contributed by atoms with E-state index in [1.807, 2.05) is 24.4 Å². The van der Waals surface area contributed by atoms with Gasteiger partial charge in [0, 0.05) is 11.1 Å². The van der Waals surface area contributed by atoms with E-state index in [-0.39, 0.29) is 6.04 Å². The number of azide groups is 1. The smallest absolute Gasteiger partial charge is 0.138 e. The minimum absolute atomic E-state index is 0.0249. The Morgan fingerprint density at radius 2 is 2.19 bits per heavy atom. The molecule has 3 aromatic rings. The van der Waals surface area contributed by atoms with Crippen LogP contribution in [0.5, 0.6) is 0 Å². The van der Waals surface area contributed by atoms with Gasteiger partial charge in [-0.2, -0.15) is 0 Å². The average Bonchev–Trinajstić information content (AvgIpc) is 2.98. The fraction of sp³-hybridized carbons (Fsp3) is 0.154. The van der Waals surface area contributed by atoms with E-state index in [1.54, 1.807) is 29.9 Å². The van der Waals surface area contributed by atoms with Gasteiger partial charge in [0.1, 0.15) is 17.0 Å². The van der Waals surface area contributed by atoms with E-state index in [4.69, 9.17) is 5.53 Å². The third-order valence-electron chi connectivity index (χ3n) is 2.99. The number of hydrogen-bond acceptors (Lipinski definition) is 6. The maximum Gasteiger partial charge on any atom is 0.138 e. The fourth-order valence-corrected chi connectivity index (χ4v) is 2.68. The van der Waals surface area contributed by atoms with Crippen LogP contribution in [-0.2, 0) is 0 Å². The van der Waals surface area contributed by atoms with Crippen LogP contribution in [-0.4, -0.2) is 15.0 Å². The molecule has 7 nitrogen and oxygen atoms in total. The minimum Gasteiger partial charge on any atom is -0.361 e. The highest BCUT2D eigenvalue weighted by atomic mass is 32.1. The molecule has 0 amide bonds. The van der Waals surface area contributed by atoms with Crippen LogP contribution in [0.4, 0.5) is 11.5 Å². The summed E-state index contributed by atoms with van der Waals surface area (Å²) in [6, 6.07) is 5.53. The maximum atomic E-state index is 8.38. The second kappa shape index (κ2) is 5.74. The van der Waals surface area contributed by atoms with Gasteiger partial charge in [0.15, 0.2) is 0 Å². The van der Waals surface area contributed by atoms with E-state index >= 15 is 0 Å². The molecule has 1 atom stereocenters. The monoisotopic (exact) mass is 297 g/mol. The molecule has 0 fully saturated rings. The second-order valence-electron chi connectivity index (χ2n) is 4.36. The first kappa shape index (κ1) is 13.3. The Bertz CT molecular complexity index is 805. The van der Waals surface area contributed by atoms with Crippen LogP contribution in [0.2, 0.25) is 0 Å². The van der Waals surface area contributed by atoms with Crippen LogP contribution in [0.15, 0.2) is 41.2 Å². The summed E-state index contributed by atoms with van der Waals surface area (Å²) in [5, 5.41) is 9.82. The molecule has 104 valence electrons. The van der Waals surface area contributed by atoms with Gasteiger partial charge < -0.3 is 5.32 Å². The van der Waals surface area contributed by atoms with Gasteiger partial charge in [-0.05, 0) is 36.0 Å².